The van der Waals surface area contributed by atoms with E-state index < -0.39 is 0 Å². The van der Waals surface area contributed by atoms with Gasteiger partial charge < -0.3 is 15.1 Å². The number of likely N-dealkylation sites (N-methyl/N-ethyl adjacent to an activating group) is 2. The van der Waals surface area contributed by atoms with Gasteiger partial charge in [-0.1, -0.05) is 0 Å². The van der Waals surface area contributed by atoms with Gasteiger partial charge in [-0.2, -0.15) is 0 Å². The highest BCUT2D eigenvalue weighted by molar-refractivity contribution is 5.81. The topological polar surface area (TPSA) is 61.4 Å². The fraction of sp³-hybridized carbons (Fsp3) is 0.583. The highest BCUT2D eigenvalue weighted by atomic mass is 16.2. The van der Waals surface area contributed by atoms with Crippen LogP contribution in [0.15, 0.2) is 6.33 Å². The number of nitrogens with zero attached hydrogens (tertiary/aromatic N) is 4. The molecule has 0 aromatic carbocycles. The quantitative estimate of drug-likeness (QED) is 0.836. The Morgan fingerprint density at radius 3 is 2.56 bits per heavy atom. The first kappa shape index (κ1) is 14.2. The number of anilines is 2. The molecule has 1 aromatic heterocycles. The van der Waals surface area contributed by atoms with Crippen LogP contribution in [-0.4, -0.2) is 55.0 Å². The van der Waals surface area contributed by atoms with Crippen LogP contribution in [0, 0.1) is 6.92 Å². The number of carbonyl (C=O) groups excluding carboxylic acids is 1. The van der Waals surface area contributed by atoms with Crippen molar-refractivity contribution in [3.05, 3.63) is 11.9 Å². The summed E-state index contributed by atoms with van der Waals surface area (Å²) >= 11 is 0. The molecular weight excluding hydrogens is 230 g/mol. The molecule has 0 atom stereocenters. The Balaban J connectivity index is 2.98. The van der Waals surface area contributed by atoms with Gasteiger partial charge in [-0.25, -0.2) is 9.97 Å². The molecule has 0 unspecified atom stereocenters. The third-order valence-electron chi connectivity index (χ3n) is 2.80. The van der Waals surface area contributed by atoms with Crippen LogP contribution < -0.4 is 10.2 Å². The third kappa shape index (κ3) is 3.09. The lowest BCUT2D eigenvalue weighted by Crippen LogP contribution is -2.37. The van der Waals surface area contributed by atoms with Crippen LogP contribution in [0.1, 0.15) is 12.5 Å². The molecule has 0 aliphatic heterocycles. The second kappa shape index (κ2) is 6.18. The van der Waals surface area contributed by atoms with Gasteiger partial charge in [-0.15, -0.1) is 0 Å². The molecule has 0 bridgehead atoms. The van der Waals surface area contributed by atoms with Crippen molar-refractivity contribution in [3.63, 3.8) is 0 Å². The van der Waals surface area contributed by atoms with Crippen LogP contribution in [0.2, 0.25) is 0 Å². The lowest BCUT2D eigenvalue weighted by atomic mass is 10.2. The van der Waals surface area contributed by atoms with Crippen LogP contribution in [0.3, 0.4) is 0 Å². The average Bonchev–Trinajstić information content (AvgIpc) is 2.36. The van der Waals surface area contributed by atoms with E-state index in [-0.39, 0.29) is 5.91 Å². The van der Waals surface area contributed by atoms with Crippen LogP contribution in [0.25, 0.3) is 0 Å². The van der Waals surface area contributed by atoms with Crippen molar-refractivity contribution in [3.8, 4) is 0 Å². The Labute approximate surface area is 108 Å². The molecule has 0 aliphatic carbocycles. The molecule has 6 heteroatoms. The summed E-state index contributed by atoms with van der Waals surface area (Å²) in [5.41, 5.74) is 0.952. The van der Waals surface area contributed by atoms with Crippen LogP contribution in [0.4, 0.5) is 11.6 Å². The van der Waals surface area contributed by atoms with Gasteiger partial charge in [0.05, 0.1) is 6.54 Å². The molecule has 0 fully saturated rings. The van der Waals surface area contributed by atoms with Crippen molar-refractivity contribution in [2.24, 2.45) is 0 Å². The zero-order chi connectivity index (χ0) is 13.7. The fourth-order valence-electron chi connectivity index (χ4n) is 1.65. The summed E-state index contributed by atoms with van der Waals surface area (Å²) < 4.78 is 0. The average molecular weight is 251 g/mol. The summed E-state index contributed by atoms with van der Waals surface area (Å²) in [6, 6.07) is 0. The number of amides is 1. The molecule has 18 heavy (non-hydrogen) atoms. The third-order valence-corrected chi connectivity index (χ3v) is 2.80. The van der Waals surface area contributed by atoms with E-state index in [9.17, 15) is 4.79 Å². The maximum atomic E-state index is 11.8. The Morgan fingerprint density at radius 2 is 2.06 bits per heavy atom. The SMILES string of the molecule is CCN(CC(=O)N(C)C)c1ncnc(NC)c1C. The van der Waals surface area contributed by atoms with Gasteiger partial charge in [-0.05, 0) is 13.8 Å². The maximum absolute atomic E-state index is 11.8. The number of nitrogens with one attached hydrogen (secondary N) is 1. The van der Waals surface area contributed by atoms with E-state index in [1.807, 2.05) is 25.8 Å². The summed E-state index contributed by atoms with van der Waals surface area (Å²) in [7, 11) is 5.32. The van der Waals surface area contributed by atoms with Crippen LogP contribution in [-0.2, 0) is 4.79 Å². The van der Waals surface area contributed by atoms with Crippen LogP contribution >= 0.6 is 0 Å². The molecule has 1 heterocycles. The maximum Gasteiger partial charge on any atom is 0.241 e. The summed E-state index contributed by atoms with van der Waals surface area (Å²) in [5, 5.41) is 3.02. The molecule has 0 saturated carbocycles. The highest BCUT2D eigenvalue weighted by Crippen LogP contribution is 2.21. The smallest absolute Gasteiger partial charge is 0.241 e. The van der Waals surface area contributed by atoms with E-state index >= 15 is 0 Å². The Hall–Kier alpha value is -1.85. The number of rotatable bonds is 5. The predicted molar refractivity (Wildman–Crippen MR) is 72.9 cm³/mol. The lowest BCUT2D eigenvalue weighted by Gasteiger charge is -2.25. The van der Waals surface area contributed by atoms with Gasteiger partial charge in [0, 0.05) is 33.3 Å². The molecular formula is C12H21N5O. The normalized spacial score (nSPS) is 10.1. The Kier molecular flexibility index (Phi) is 4.88. The van der Waals surface area contributed by atoms with Gasteiger partial charge in [0.2, 0.25) is 5.91 Å². The molecule has 6 nitrogen and oxygen atoms in total. The monoisotopic (exact) mass is 251 g/mol. The Morgan fingerprint density at radius 1 is 1.39 bits per heavy atom. The first-order valence-corrected chi connectivity index (χ1v) is 5.95. The largest absolute Gasteiger partial charge is 0.373 e. The van der Waals surface area contributed by atoms with Crippen molar-refractivity contribution in [1.29, 1.82) is 0 Å². The van der Waals surface area contributed by atoms with Gasteiger partial charge >= 0.3 is 0 Å². The first-order valence-electron chi connectivity index (χ1n) is 5.95. The predicted octanol–water partition coefficient (Wildman–Crippen LogP) is 0.741. The number of hydrogen-bond acceptors (Lipinski definition) is 5. The second-order valence-corrected chi connectivity index (χ2v) is 4.22. The van der Waals surface area contributed by atoms with Crippen LogP contribution in [0.5, 0.6) is 0 Å². The summed E-state index contributed by atoms with van der Waals surface area (Å²) in [5.74, 6) is 1.64. The van der Waals surface area contributed by atoms with Gasteiger partial charge in [0.15, 0.2) is 0 Å². The van der Waals surface area contributed by atoms with E-state index in [2.05, 4.69) is 15.3 Å². The number of aromatic nitrogens is 2. The molecule has 1 rings (SSSR count). The first-order chi connectivity index (χ1) is 8.51. The highest BCUT2D eigenvalue weighted by Gasteiger charge is 2.16. The number of hydrogen-bond donors (Lipinski definition) is 1. The summed E-state index contributed by atoms with van der Waals surface area (Å²) in [4.78, 5) is 23.7. The van der Waals surface area contributed by atoms with E-state index in [1.54, 1.807) is 19.0 Å². The summed E-state index contributed by atoms with van der Waals surface area (Å²) in [6.07, 6.45) is 1.51. The molecule has 0 radical (unpaired) electrons. The van der Waals surface area contributed by atoms with Gasteiger partial charge in [-0.3, -0.25) is 4.79 Å². The van der Waals surface area contributed by atoms with Gasteiger partial charge in [0.25, 0.3) is 0 Å². The summed E-state index contributed by atoms with van der Waals surface area (Å²) in [6.45, 7) is 5.00. The fourth-order valence-corrected chi connectivity index (χ4v) is 1.65. The second-order valence-electron chi connectivity index (χ2n) is 4.22. The molecule has 1 amide bonds. The van der Waals surface area contributed by atoms with Gasteiger partial charge in [0.1, 0.15) is 18.0 Å². The molecule has 1 N–H and O–H groups in total. The van der Waals surface area contributed by atoms with Crippen molar-refractivity contribution < 1.29 is 4.79 Å². The molecule has 0 aliphatic rings. The molecule has 0 spiro atoms. The lowest BCUT2D eigenvalue weighted by molar-refractivity contribution is -0.127. The van der Waals surface area contributed by atoms with Crippen molar-refractivity contribution in [1.82, 2.24) is 14.9 Å². The van der Waals surface area contributed by atoms with Crippen molar-refractivity contribution in [2.75, 3.05) is 44.4 Å². The molecule has 1 aromatic rings. The Bertz CT molecular complexity index is 419. The number of carbonyl (C=O) groups is 1. The molecule has 100 valence electrons. The van der Waals surface area contributed by atoms with E-state index in [0.29, 0.717) is 6.54 Å². The molecule has 0 saturated heterocycles. The zero-order valence-electron chi connectivity index (χ0n) is 11.7. The standard InChI is InChI=1S/C12H21N5O/c1-6-17(7-10(18)16(4)5)12-9(2)11(13-3)14-8-15-12/h8H,6-7H2,1-5H3,(H,13,14,15). The van der Waals surface area contributed by atoms with E-state index in [4.69, 9.17) is 0 Å². The van der Waals surface area contributed by atoms with E-state index in [1.165, 1.54) is 6.33 Å². The van der Waals surface area contributed by atoms with Crippen molar-refractivity contribution in [2.45, 2.75) is 13.8 Å². The minimum Gasteiger partial charge on any atom is -0.373 e. The minimum absolute atomic E-state index is 0.0564. The zero-order valence-corrected chi connectivity index (χ0v) is 11.7. The van der Waals surface area contributed by atoms with E-state index in [0.717, 1.165) is 23.7 Å². The minimum atomic E-state index is 0.0564. The van der Waals surface area contributed by atoms with Crippen molar-refractivity contribution >= 4 is 17.5 Å².